The van der Waals surface area contributed by atoms with Gasteiger partial charge in [0.15, 0.2) is 0 Å². The lowest BCUT2D eigenvalue weighted by molar-refractivity contribution is 0.0697. The number of urea groups is 1. The van der Waals surface area contributed by atoms with Crippen LogP contribution >= 0.6 is 19.4 Å². The minimum Gasteiger partial charge on any atom is -0.447 e. The Bertz CT molecular complexity index is 1460. The van der Waals surface area contributed by atoms with Gasteiger partial charge >= 0.3 is 19.9 Å². The summed E-state index contributed by atoms with van der Waals surface area (Å²) in [7, 11) is -3.32. The predicted molar refractivity (Wildman–Crippen MR) is 148 cm³/mol. The monoisotopic (exact) mass is 614 g/mol. The summed E-state index contributed by atoms with van der Waals surface area (Å²) in [5.74, 6) is -0.980. The molecular formula is C26H30ClF2N4O7P. The van der Waals surface area contributed by atoms with Gasteiger partial charge in [-0.05, 0) is 53.1 Å². The number of likely N-dealkylation sites (N-methyl/N-ethyl adjacent to an activating group) is 1. The highest BCUT2D eigenvalue weighted by Crippen LogP contribution is 2.39. The fraction of sp³-hybridized carbons (Fsp3) is 0.346. The number of phosphoric ester groups is 1. The van der Waals surface area contributed by atoms with Crippen molar-refractivity contribution in [3.8, 4) is 0 Å². The van der Waals surface area contributed by atoms with Crippen molar-refractivity contribution in [2.75, 3.05) is 25.6 Å². The minimum atomic E-state index is -4.75. The maximum absolute atomic E-state index is 13.8. The van der Waals surface area contributed by atoms with Gasteiger partial charge in [-0.15, -0.1) is 0 Å². The Labute approximate surface area is 240 Å². The van der Waals surface area contributed by atoms with E-state index in [1.54, 1.807) is 26.0 Å². The van der Waals surface area contributed by atoms with Crippen molar-refractivity contribution in [1.82, 2.24) is 15.2 Å². The van der Waals surface area contributed by atoms with Gasteiger partial charge in [-0.3, -0.25) is 9.84 Å². The van der Waals surface area contributed by atoms with Crippen LogP contribution in [0.1, 0.15) is 25.8 Å². The molecule has 1 heterocycles. The quantitative estimate of drug-likeness (QED) is 0.208. The number of rotatable bonds is 11. The first kappa shape index (κ1) is 32.2. The molecule has 15 heteroatoms. The van der Waals surface area contributed by atoms with Crippen LogP contribution in [0.3, 0.4) is 0 Å². The summed E-state index contributed by atoms with van der Waals surface area (Å²) in [5.41, 5.74) is -0.533. The third kappa shape index (κ3) is 9.91. The molecule has 3 rings (SSSR count). The highest BCUT2D eigenvalue weighted by Gasteiger charge is 2.32. The first-order valence-corrected chi connectivity index (χ1v) is 14.2. The van der Waals surface area contributed by atoms with Gasteiger partial charge in [0, 0.05) is 25.2 Å². The fourth-order valence-corrected chi connectivity index (χ4v) is 4.61. The number of carbonyl (C=O) groups is 2. The van der Waals surface area contributed by atoms with Crippen molar-refractivity contribution in [2.24, 2.45) is 5.41 Å². The fourth-order valence-electron chi connectivity index (χ4n) is 3.90. The number of hydrogen-bond acceptors (Lipinski definition) is 6. The van der Waals surface area contributed by atoms with E-state index in [1.807, 2.05) is 0 Å². The maximum atomic E-state index is 13.8. The Morgan fingerprint density at radius 2 is 1.90 bits per heavy atom. The third-order valence-corrected chi connectivity index (χ3v) is 6.95. The molecule has 0 saturated carbocycles. The van der Waals surface area contributed by atoms with Crippen molar-refractivity contribution in [3.63, 3.8) is 0 Å². The Morgan fingerprint density at radius 3 is 2.61 bits per heavy atom. The molecule has 0 aliphatic carbocycles. The lowest BCUT2D eigenvalue weighted by Crippen LogP contribution is -2.48. The van der Waals surface area contributed by atoms with E-state index in [-0.39, 0.29) is 37.0 Å². The van der Waals surface area contributed by atoms with Crippen molar-refractivity contribution < 1.29 is 42.0 Å². The molecule has 1 atom stereocenters. The number of nitrogens with one attached hydrogen (secondary N) is 2. The molecule has 222 valence electrons. The average molecular weight is 615 g/mol. The number of benzene rings is 2. The van der Waals surface area contributed by atoms with Crippen LogP contribution < -0.4 is 10.6 Å². The number of phosphoric acid groups is 1. The second-order valence-electron chi connectivity index (χ2n) is 10.1. The Kier molecular flexibility index (Phi) is 10.6. The largest absolute Gasteiger partial charge is 0.469 e. The van der Waals surface area contributed by atoms with Crippen LogP contribution in [0.5, 0.6) is 0 Å². The molecule has 1 aromatic heterocycles. The van der Waals surface area contributed by atoms with Crippen LogP contribution in [0.15, 0.2) is 48.7 Å². The molecule has 3 aromatic rings. The third-order valence-electron chi connectivity index (χ3n) is 6.06. The number of carbonyl (C=O) groups excluding carboxylic acids is 2. The number of fused-ring (bicyclic) bond motifs is 1. The summed E-state index contributed by atoms with van der Waals surface area (Å²) in [6.45, 7) is 2.55. The van der Waals surface area contributed by atoms with E-state index < -0.39 is 43.0 Å². The van der Waals surface area contributed by atoms with E-state index in [0.29, 0.717) is 16.3 Å². The van der Waals surface area contributed by atoms with Gasteiger partial charge in [0.05, 0.1) is 17.7 Å². The molecule has 3 amide bonds. The zero-order valence-corrected chi connectivity index (χ0v) is 24.1. The smallest absolute Gasteiger partial charge is 0.447 e. The lowest BCUT2D eigenvalue weighted by atomic mass is 9.86. The number of halogens is 3. The first-order valence-electron chi connectivity index (χ1n) is 12.3. The van der Waals surface area contributed by atoms with Crippen molar-refractivity contribution in [1.29, 1.82) is 0 Å². The summed E-state index contributed by atoms with van der Waals surface area (Å²) in [4.78, 5) is 49.1. The molecule has 4 N–H and O–H groups in total. The summed E-state index contributed by atoms with van der Waals surface area (Å²) in [6.07, 6.45) is 0.654. The van der Waals surface area contributed by atoms with E-state index in [4.69, 9.17) is 26.1 Å². The molecule has 41 heavy (non-hydrogen) atoms. The van der Waals surface area contributed by atoms with Gasteiger partial charge in [0.1, 0.15) is 24.1 Å². The standard InChI is InChI=1S/C26H30ClF2N4O7P/c1-26(2,15-40-41(36,37)38)11-20(33(3)24(34)31-13-17-5-4-6-21(29)23(17)27)14-39-25(35)32-22-10-18-9-19(28)8-7-16(18)12-30-22/h4-10,12,20H,11,13-15H2,1-3H3,(H,31,34)(H,30,32,35)(H2,36,37,38). The van der Waals surface area contributed by atoms with E-state index in [9.17, 15) is 22.9 Å². The normalized spacial score (nSPS) is 12.6. The minimum absolute atomic E-state index is 0.0905. The molecule has 0 spiro atoms. The van der Waals surface area contributed by atoms with Crippen molar-refractivity contribution in [2.45, 2.75) is 32.9 Å². The van der Waals surface area contributed by atoms with Crippen LogP contribution in [0.2, 0.25) is 5.02 Å². The average Bonchev–Trinajstić information content (AvgIpc) is 2.89. The number of anilines is 1. The predicted octanol–water partition coefficient (Wildman–Crippen LogP) is 5.45. The number of amides is 3. The van der Waals surface area contributed by atoms with E-state index in [2.05, 4.69) is 20.1 Å². The molecule has 1 unspecified atom stereocenters. The highest BCUT2D eigenvalue weighted by molar-refractivity contribution is 7.46. The summed E-state index contributed by atoms with van der Waals surface area (Å²) < 4.78 is 48.6. The second-order valence-corrected chi connectivity index (χ2v) is 11.7. The van der Waals surface area contributed by atoms with Gasteiger partial charge in [0.2, 0.25) is 0 Å². The number of aromatic nitrogens is 1. The topological polar surface area (TPSA) is 150 Å². The molecule has 11 nitrogen and oxygen atoms in total. The Hall–Kier alpha value is -3.35. The van der Waals surface area contributed by atoms with Gasteiger partial charge in [-0.2, -0.15) is 0 Å². The second kappa shape index (κ2) is 13.5. The molecule has 2 aromatic carbocycles. The molecule has 0 saturated heterocycles. The number of hydrogen-bond donors (Lipinski definition) is 4. The van der Waals surface area contributed by atoms with Gasteiger partial charge < -0.3 is 24.7 Å². The Morgan fingerprint density at radius 1 is 1.17 bits per heavy atom. The summed E-state index contributed by atoms with van der Waals surface area (Å²) >= 11 is 5.96. The SMILES string of the molecule is CN(C(=O)NCc1cccc(F)c1Cl)C(COC(=O)Nc1cc2cc(F)ccc2cn1)CC(C)(C)COP(=O)(O)O. The van der Waals surface area contributed by atoms with Crippen LogP contribution in [0, 0.1) is 17.0 Å². The van der Waals surface area contributed by atoms with E-state index >= 15 is 0 Å². The number of nitrogens with zero attached hydrogens (tertiary/aromatic N) is 2. The van der Waals surface area contributed by atoms with Gasteiger partial charge in [0.25, 0.3) is 0 Å². The number of pyridine rings is 1. The molecule has 0 aliphatic rings. The first-order chi connectivity index (χ1) is 19.1. The molecule has 0 bridgehead atoms. The zero-order chi connectivity index (χ0) is 30.4. The molecular weight excluding hydrogens is 585 g/mol. The maximum Gasteiger partial charge on any atom is 0.469 e. The summed E-state index contributed by atoms with van der Waals surface area (Å²) in [5, 5.41) is 6.11. The molecule has 0 fully saturated rings. The van der Waals surface area contributed by atoms with E-state index in [0.717, 1.165) is 0 Å². The van der Waals surface area contributed by atoms with Crippen LogP contribution in [0.4, 0.5) is 24.2 Å². The van der Waals surface area contributed by atoms with Gasteiger partial charge in [-0.1, -0.05) is 37.6 Å². The van der Waals surface area contributed by atoms with Crippen molar-refractivity contribution >= 4 is 48.1 Å². The Balaban J connectivity index is 1.69. The van der Waals surface area contributed by atoms with Crippen LogP contribution in [-0.2, 0) is 20.4 Å². The van der Waals surface area contributed by atoms with Crippen molar-refractivity contribution in [3.05, 3.63) is 70.9 Å². The summed E-state index contributed by atoms with van der Waals surface area (Å²) in [6, 6.07) is 8.38. The number of ether oxygens (including phenoxy) is 1. The van der Waals surface area contributed by atoms with Crippen LogP contribution in [0.25, 0.3) is 10.8 Å². The molecule has 0 radical (unpaired) electrons. The van der Waals surface area contributed by atoms with E-state index in [1.165, 1.54) is 48.5 Å². The highest BCUT2D eigenvalue weighted by atomic mass is 35.5. The lowest BCUT2D eigenvalue weighted by Gasteiger charge is -2.34. The van der Waals surface area contributed by atoms with Gasteiger partial charge in [-0.25, -0.2) is 27.9 Å². The molecule has 0 aliphatic heterocycles. The van der Waals surface area contributed by atoms with Crippen LogP contribution in [-0.4, -0.2) is 58.1 Å². The zero-order valence-electron chi connectivity index (χ0n) is 22.4.